The van der Waals surface area contributed by atoms with E-state index in [4.69, 9.17) is 11.6 Å². The van der Waals surface area contributed by atoms with Gasteiger partial charge in [0.05, 0.1) is 24.6 Å². The Bertz CT molecular complexity index is 1340. The molecule has 3 heterocycles. The van der Waals surface area contributed by atoms with Gasteiger partial charge in [-0.3, -0.25) is 14.4 Å². The van der Waals surface area contributed by atoms with Gasteiger partial charge in [0.1, 0.15) is 28.9 Å². The lowest BCUT2D eigenvalue weighted by Crippen LogP contribution is -2.49. The van der Waals surface area contributed by atoms with Crippen molar-refractivity contribution >= 4 is 56.2 Å². The fourth-order valence-electron chi connectivity index (χ4n) is 4.03. The molecule has 1 fully saturated rings. The molecule has 36 heavy (non-hydrogen) atoms. The highest BCUT2D eigenvalue weighted by Gasteiger charge is 2.40. The molecule has 3 aromatic rings. The van der Waals surface area contributed by atoms with E-state index in [0.717, 1.165) is 4.90 Å². The van der Waals surface area contributed by atoms with E-state index in [1.165, 1.54) is 30.5 Å². The summed E-state index contributed by atoms with van der Waals surface area (Å²) < 4.78 is 28.2. The SMILES string of the molecule is CC(NC(=O)C1C[C@@H](F)CN1C(=O)CNC(=O)c1ccc2cc(F)ccc2n1)c1cc(Cl)ncc1Br. The molecule has 0 spiro atoms. The molecule has 1 aliphatic rings. The zero-order valence-corrected chi connectivity index (χ0v) is 21.3. The molecule has 3 amide bonds. The van der Waals surface area contributed by atoms with Crippen molar-refractivity contribution in [2.24, 2.45) is 0 Å². The van der Waals surface area contributed by atoms with Crippen molar-refractivity contribution < 1.29 is 23.2 Å². The fourth-order valence-corrected chi connectivity index (χ4v) is 4.75. The summed E-state index contributed by atoms with van der Waals surface area (Å²) >= 11 is 9.31. The molecule has 0 saturated carbocycles. The minimum absolute atomic E-state index is 0.0383. The van der Waals surface area contributed by atoms with E-state index in [1.54, 1.807) is 19.1 Å². The van der Waals surface area contributed by atoms with Crippen LogP contribution in [0.2, 0.25) is 5.15 Å². The second kappa shape index (κ2) is 10.8. The molecule has 1 saturated heterocycles. The van der Waals surface area contributed by atoms with E-state index in [2.05, 4.69) is 36.5 Å². The van der Waals surface area contributed by atoms with Gasteiger partial charge in [0.25, 0.3) is 5.91 Å². The average molecular weight is 581 g/mol. The highest BCUT2D eigenvalue weighted by atomic mass is 79.9. The first-order chi connectivity index (χ1) is 17.1. The van der Waals surface area contributed by atoms with Gasteiger partial charge in [-0.15, -0.1) is 0 Å². The van der Waals surface area contributed by atoms with Crippen molar-refractivity contribution in [3.63, 3.8) is 0 Å². The summed E-state index contributed by atoms with van der Waals surface area (Å²) in [6, 6.07) is 7.01. The van der Waals surface area contributed by atoms with E-state index in [0.29, 0.717) is 20.9 Å². The third-order valence-corrected chi connectivity index (χ3v) is 6.70. The Kier molecular flexibility index (Phi) is 7.79. The Hall–Kier alpha value is -3.18. The quantitative estimate of drug-likeness (QED) is 0.433. The van der Waals surface area contributed by atoms with E-state index in [-0.39, 0.29) is 23.8 Å². The molecule has 4 rings (SSSR count). The highest BCUT2D eigenvalue weighted by Crippen LogP contribution is 2.26. The first kappa shape index (κ1) is 25.9. The maximum Gasteiger partial charge on any atom is 0.270 e. The zero-order valence-electron chi connectivity index (χ0n) is 19.0. The van der Waals surface area contributed by atoms with E-state index >= 15 is 0 Å². The molecule has 1 aromatic carbocycles. The first-order valence-electron chi connectivity index (χ1n) is 11.0. The zero-order chi connectivity index (χ0) is 26.0. The van der Waals surface area contributed by atoms with Crippen molar-refractivity contribution in [3.8, 4) is 0 Å². The first-order valence-corrected chi connectivity index (χ1v) is 12.2. The number of halogens is 4. The van der Waals surface area contributed by atoms with Crippen LogP contribution in [0.25, 0.3) is 10.9 Å². The Morgan fingerprint density at radius 2 is 2.03 bits per heavy atom. The van der Waals surface area contributed by atoms with E-state index in [1.807, 2.05) is 0 Å². The fraction of sp³-hybridized carbons (Fsp3) is 0.292. The van der Waals surface area contributed by atoms with E-state index in [9.17, 15) is 23.2 Å². The summed E-state index contributed by atoms with van der Waals surface area (Å²) in [5.74, 6) is -2.17. The highest BCUT2D eigenvalue weighted by molar-refractivity contribution is 9.10. The summed E-state index contributed by atoms with van der Waals surface area (Å²) in [5.41, 5.74) is 1.13. The van der Waals surface area contributed by atoms with Crippen molar-refractivity contribution in [1.29, 1.82) is 0 Å². The molecule has 0 bridgehead atoms. The van der Waals surface area contributed by atoms with Crippen LogP contribution in [-0.4, -0.2) is 57.9 Å². The molecule has 188 valence electrons. The van der Waals surface area contributed by atoms with Crippen molar-refractivity contribution in [2.75, 3.05) is 13.1 Å². The normalized spacial score (nSPS) is 18.2. The number of alkyl halides is 1. The van der Waals surface area contributed by atoms with Gasteiger partial charge in [-0.1, -0.05) is 17.7 Å². The van der Waals surface area contributed by atoms with Crippen LogP contribution in [0.3, 0.4) is 0 Å². The number of rotatable bonds is 6. The maximum absolute atomic E-state index is 14.2. The third kappa shape index (κ3) is 5.79. The molecule has 1 aliphatic heterocycles. The summed E-state index contributed by atoms with van der Waals surface area (Å²) in [5, 5.41) is 6.02. The summed E-state index contributed by atoms with van der Waals surface area (Å²) in [6.07, 6.45) is -0.0195. The molecule has 0 radical (unpaired) electrons. The predicted molar refractivity (Wildman–Crippen MR) is 133 cm³/mol. The monoisotopic (exact) mass is 579 g/mol. The minimum atomic E-state index is -1.37. The smallest absolute Gasteiger partial charge is 0.270 e. The largest absolute Gasteiger partial charge is 0.348 e. The Morgan fingerprint density at radius 1 is 1.25 bits per heavy atom. The maximum atomic E-state index is 14.2. The minimum Gasteiger partial charge on any atom is -0.348 e. The van der Waals surface area contributed by atoms with E-state index < -0.39 is 48.3 Å². The Balaban J connectivity index is 1.39. The summed E-state index contributed by atoms with van der Waals surface area (Å²) in [7, 11) is 0. The van der Waals surface area contributed by atoms with Gasteiger partial charge in [0, 0.05) is 22.5 Å². The van der Waals surface area contributed by atoms with Crippen molar-refractivity contribution in [3.05, 3.63) is 69.3 Å². The molecule has 3 atom stereocenters. The number of carbonyl (C=O) groups excluding carboxylic acids is 3. The molecule has 12 heteroatoms. The second-order valence-electron chi connectivity index (χ2n) is 8.37. The second-order valence-corrected chi connectivity index (χ2v) is 9.61. The Labute approximate surface area is 218 Å². The lowest BCUT2D eigenvalue weighted by Gasteiger charge is -2.25. The van der Waals surface area contributed by atoms with Crippen LogP contribution < -0.4 is 10.6 Å². The van der Waals surface area contributed by atoms with Crippen molar-refractivity contribution in [2.45, 2.75) is 31.6 Å². The number of amides is 3. The number of nitrogens with one attached hydrogen (secondary N) is 2. The van der Waals surface area contributed by atoms with Crippen LogP contribution in [-0.2, 0) is 9.59 Å². The van der Waals surface area contributed by atoms with Gasteiger partial charge < -0.3 is 15.5 Å². The standard InChI is InChI=1S/C24H21BrClF2N5O3/c1-12(16-8-21(26)29-9-17(16)25)31-24(36)20-7-15(28)11-33(20)22(34)10-30-23(35)19-4-2-13-6-14(27)3-5-18(13)32-19/h2-6,8-9,12,15,20H,7,10-11H2,1H3,(H,30,35)(H,31,36)/t12?,15-,20?/m1/s1. The molecule has 2 aromatic heterocycles. The summed E-state index contributed by atoms with van der Waals surface area (Å²) in [4.78, 5) is 47.5. The number of pyridine rings is 2. The lowest BCUT2D eigenvalue weighted by molar-refractivity contribution is -0.138. The van der Waals surface area contributed by atoms with Gasteiger partial charge >= 0.3 is 0 Å². The molecule has 2 N–H and O–H groups in total. The van der Waals surface area contributed by atoms with Gasteiger partial charge in [-0.2, -0.15) is 0 Å². The molecular weight excluding hydrogens is 560 g/mol. The Morgan fingerprint density at radius 3 is 2.81 bits per heavy atom. The predicted octanol–water partition coefficient (Wildman–Crippen LogP) is 3.73. The number of carbonyl (C=O) groups is 3. The van der Waals surface area contributed by atoms with Crippen LogP contribution in [0.1, 0.15) is 35.4 Å². The lowest BCUT2D eigenvalue weighted by atomic mass is 10.1. The number of nitrogens with zero attached hydrogens (tertiary/aromatic N) is 3. The van der Waals surface area contributed by atoms with Gasteiger partial charge in [-0.05, 0) is 58.7 Å². The number of aromatic nitrogens is 2. The van der Waals surface area contributed by atoms with Crippen LogP contribution >= 0.6 is 27.5 Å². The molecule has 8 nitrogen and oxygen atoms in total. The molecule has 0 aliphatic carbocycles. The van der Waals surface area contributed by atoms with Gasteiger partial charge in [0.15, 0.2) is 0 Å². The molecular formula is C24H21BrClF2N5O3. The summed E-state index contributed by atoms with van der Waals surface area (Å²) in [6.45, 7) is 1.03. The number of fused-ring (bicyclic) bond motifs is 1. The van der Waals surface area contributed by atoms with Gasteiger partial charge in [-0.25, -0.2) is 18.7 Å². The molecule has 2 unspecified atom stereocenters. The van der Waals surface area contributed by atoms with Crippen LogP contribution in [0, 0.1) is 5.82 Å². The van der Waals surface area contributed by atoms with Gasteiger partial charge in [0.2, 0.25) is 11.8 Å². The number of benzene rings is 1. The average Bonchev–Trinajstić information content (AvgIpc) is 3.25. The van der Waals surface area contributed by atoms with Crippen LogP contribution in [0.5, 0.6) is 0 Å². The van der Waals surface area contributed by atoms with Crippen LogP contribution in [0.4, 0.5) is 8.78 Å². The van der Waals surface area contributed by atoms with Crippen LogP contribution in [0.15, 0.2) is 47.1 Å². The van der Waals surface area contributed by atoms with Crippen molar-refractivity contribution in [1.82, 2.24) is 25.5 Å². The topological polar surface area (TPSA) is 104 Å². The number of hydrogen-bond acceptors (Lipinski definition) is 5. The number of hydrogen-bond donors (Lipinski definition) is 2. The third-order valence-electron chi connectivity index (χ3n) is 5.83. The number of likely N-dealkylation sites (tertiary alicyclic amines) is 1.